The molecule has 0 aromatic rings. The first kappa shape index (κ1) is 11.0. The van der Waals surface area contributed by atoms with Gasteiger partial charge in [0, 0.05) is 17.6 Å². The van der Waals surface area contributed by atoms with E-state index >= 15 is 0 Å². The van der Waals surface area contributed by atoms with Gasteiger partial charge < -0.3 is 14.9 Å². The normalized spacial score (nSPS) is 18.1. The topological polar surface area (TPSA) is 83.8 Å². The quantitative estimate of drug-likeness (QED) is 0.677. The van der Waals surface area contributed by atoms with Gasteiger partial charge in [-0.05, 0) is 6.08 Å². The van der Waals surface area contributed by atoms with Gasteiger partial charge in [-0.15, -0.1) is 0 Å². The number of allylic oxidation sites excluding steroid dienone is 2. The maximum Gasteiger partial charge on any atom is 0.336 e. The van der Waals surface area contributed by atoms with Gasteiger partial charge in [-0.25, -0.2) is 9.59 Å². The molecule has 1 rings (SSSR count). The SMILES string of the molecule is COC=C1CC(C(=O)O)=CC=C1C(=O)O. The van der Waals surface area contributed by atoms with Crippen LogP contribution < -0.4 is 0 Å². The minimum atomic E-state index is -1.10. The molecule has 0 aromatic carbocycles. The van der Waals surface area contributed by atoms with Gasteiger partial charge in [0.15, 0.2) is 0 Å². The maximum atomic E-state index is 10.8. The number of rotatable bonds is 3. The average molecular weight is 210 g/mol. The zero-order valence-corrected chi connectivity index (χ0v) is 8.06. The van der Waals surface area contributed by atoms with E-state index in [4.69, 9.17) is 14.9 Å². The highest BCUT2D eigenvalue weighted by Crippen LogP contribution is 2.24. The highest BCUT2D eigenvalue weighted by atomic mass is 16.5. The summed E-state index contributed by atoms with van der Waals surface area (Å²) in [6.45, 7) is 0. The van der Waals surface area contributed by atoms with Gasteiger partial charge >= 0.3 is 11.9 Å². The third-order valence-corrected chi connectivity index (χ3v) is 1.94. The summed E-state index contributed by atoms with van der Waals surface area (Å²) in [5.74, 6) is -2.16. The van der Waals surface area contributed by atoms with Crippen molar-refractivity contribution >= 4 is 11.9 Å². The molecular formula is C10H10O5. The third-order valence-electron chi connectivity index (χ3n) is 1.94. The van der Waals surface area contributed by atoms with Gasteiger partial charge in [-0.2, -0.15) is 0 Å². The fourth-order valence-electron chi connectivity index (χ4n) is 1.25. The van der Waals surface area contributed by atoms with Crippen LogP contribution in [0.3, 0.4) is 0 Å². The van der Waals surface area contributed by atoms with Crippen molar-refractivity contribution in [1.82, 2.24) is 0 Å². The molecule has 0 aliphatic heterocycles. The van der Waals surface area contributed by atoms with E-state index in [0.717, 1.165) is 0 Å². The lowest BCUT2D eigenvalue weighted by molar-refractivity contribution is -0.134. The highest BCUT2D eigenvalue weighted by Gasteiger charge is 2.21. The minimum Gasteiger partial charge on any atom is -0.504 e. The van der Waals surface area contributed by atoms with Crippen molar-refractivity contribution in [3.8, 4) is 0 Å². The number of methoxy groups -OCH3 is 1. The number of carboxylic acids is 2. The number of carbonyl (C=O) groups is 2. The van der Waals surface area contributed by atoms with Gasteiger partial charge in [0.05, 0.1) is 18.9 Å². The largest absolute Gasteiger partial charge is 0.504 e. The van der Waals surface area contributed by atoms with Crippen molar-refractivity contribution in [2.75, 3.05) is 7.11 Å². The van der Waals surface area contributed by atoms with E-state index in [-0.39, 0.29) is 17.6 Å². The summed E-state index contributed by atoms with van der Waals surface area (Å²) in [6.07, 6.45) is 3.86. The van der Waals surface area contributed by atoms with Crippen molar-refractivity contribution in [3.63, 3.8) is 0 Å². The van der Waals surface area contributed by atoms with Crippen LogP contribution in [0.4, 0.5) is 0 Å². The van der Waals surface area contributed by atoms with Crippen LogP contribution in [0.25, 0.3) is 0 Å². The molecule has 0 atom stereocenters. The molecule has 1 aliphatic carbocycles. The molecule has 5 heteroatoms. The lowest BCUT2D eigenvalue weighted by Crippen LogP contribution is -2.11. The van der Waals surface area contributed by atoms with Crippen LogP contribution in [0.15, 0.2) is 35.1 Å². The smallest absolute Gasteiger partial charge is 0.336 e. The van der Waals surface area contributed by atoms with Crippen molar-refractivity contribution in [1.29, 1.82) is 0 Å². The number of hydrogen-bond donors (Lipinski definition) is 2. The first-order valence-corrected chi connectivity index (χ1v) is 4.16. The van der Waals surface area contributed by atoms with E-state index in [2.05, 4.69) is 0 Å². The lowest BCUT2D eigenvalue weighted by Gasteiger charge is -2.12. The molecule has 0 amide bonds. The van der Waals surface area contributed by atoms with Crippen molar-refractivity contribution in [2.45, 2.75) is 6.42 Å². The third kappa shape index (κ3) is 2.46. The average Bonchev–Trinajstić information content (AvgIpc) is 2.17. The molecule has 1 aliphatic rings. The molecule has 0 saturated heterocycles. The minimum absolute atomic E-state index is 0.0569. The van der Waals surface area contributed by atoms with Crippen LogP contribution in [0.5, 0.6) is 0 Å². The zero-order valence-electron chi connectivity index (χ0n) is 8.06. The first-order valence-electron chi connectivity index (χ1n) is 4.16. The van der Waals surface area contributed by atoms with Crippen molar-refractivity contribution < 1.29 is 24.5 Å². The van der Waals surface area contributed by atoms with E-state index in [1.807, 2.05) is 0 Å². The number of hydrogen-bond acceptors (Lipinski definition) is 3. The van der Waals surface area contributed by atoms with Crippen LogP contribution in [0.1, 0.15) is 6.42 Å². The van der Waals surface area contributed by atoms with Crippen LogP contribution in [-0.4, -0.2) is 29.3 Å². The Morgan fingerprint density at radius 1 is 1.33 bits per heavy atom. The molecule has 5 nitrogen and oxygen atoms in total. The molecule has 15 heavy (non-hydrogen) atoms. The molecular weight excluding hydrogens is 200 g/mol. The first-order chi connectivity index (χ1) is 7.06. The summed E-state index contributed by atoms with van der Waals surface area (Å²) in [7, 11) is 1.38. The van der Waals surface area contributed by atoms with Crippen LogP contribution in [0.2, 0.25) is 0 Å². The van der Waals surface area contributed by atoms with Gasteiger partial charge in [0.2, 0.25) is 0 Å². The van der Waals surface area contributed by atoms with E-state index in [1.165, 1.54) is 25.5 Å². The van der Waals surface area contributed by atoms with E-state index in [1.54, 1.807) is 0 Å². The molecule has 80 valence electrons. The summed E-state index contributed by atoms with van der Waals surface area (Å²) >= 11 is 0. The van der Waals surface area contributed by atoms with Crippen LogP contribution in [-0.2, 0) is 14.3 Å². The maximum absolute atomic E-state index is 10.8. The molecule has 0 aromatic heterocycles. The Hall–Kier alpha value is -2.04. The Morgan fingerprint density at radius 2 is 2.00 bits per heavy atom. The Morgan fingerprint density at radius 3 is 2.47 bits per heavy atom. The molecule has 0 radical (unpaired) electrons. The van der Waals surface area contributed by atoms with Gasteiger partial charge in [0.1, 0.15) is 0 Å². The summed E-state index contributed by atoms with van der Waals surface area (Å²) in [6, 6.07) is 0. The Kier molecular flexibility index (Phi) is 3.28. The Labute approximate surface area is 86.0 Å². The van der Waals surface area contributed by atoms with E-state index in [0.29, 0.717) is 5.57 Å². The molecule has 0 unspecified atom stereocenters. The lowest BCUT2D eigenvalue weighted by atomic mass is 9.94. The molecule has 0 bridgehead atoms. The van der Waals surface area contributed by atoms with Crippen molar-refractivity contribution in [2.24, 2.45) is 0 Å². The molecule has 0 fully saturated rings. The number of aliphatic carboxylic acids is 2. The number of ether oxygens (including phenoxy) is 1. The predicted molar refractivity (Wildman–Crippen MR) is 51.1 cm³/mol. The Bertz CT molecular complexity index is 387. The summed E-state index contributed by atoms with van der Waals surface area (Å²) in [5.41, 5.74) is 0.551. The molecule has 0 heterocycles. The number of carboxylic acid groups (broad SMARTS) is 2. The van der Waals surface area contributed by atoms with Crippen LogP contribution in [0, 0.1) is 0 Å². The second-order valence-electron chi connectivity index (χ2n) is 2.94. The van der Waals surface area contributed by atoms with E-state index in [9.17, 15) is 9.59 Å². The summed E-state index contributed by atoms with van der Waals surface area (Å²) in [4.78, 5) is 21.4. The summed E-state index contributed by atoms with van der Waals surface area (Å²) in [5, 5.41) is 17.6. The molecule has 0 saturated carbocycles. The second kappa shape index (κ2) is 4.45. The summed E-state index contributed by atoms with van der Waals surface area (Å²) < 4.78 is 4.70. The standard InChI is InChI=1S/C10H10O5/c1-15-5-7-4-6(9(11)12)2-3-8(7)10(13)14/h2-3,5H,4H2,1H3,(H,11,12)(H,13,14). The van der Waals surface area contributed by atoms with Crippen LogP contribution >= 0.6 is 0 Å². The Balaban J connectivity index is 3.08. The molecule has 0 spiro atoms. The highest BCUT2D eigenvalue weighted by molar-refractivity contribution is 5.96. The van der Waals surface area contributed by atoms with Crippen molar-refractivity contribution in [3.05, 3.63) is 35.1 Å². The monoisotopic (exact) mass is 210 g/mol. The van der Waals surface area contributed by atoms with Gasteiger partial charge in [-0.1, -0.05) is 6.08 Å². The fraction of sp³-hybridized carbons (Fsp3) is 0.200. The van der Waals surface area contributed by atoms with E-state index < -0.39 is 11.9 Å². The second-order valence-corrected chi connectivity index (χ2v) is 2.94. The predicted octanol–water partition coefficient (Wildman–Crippen LogP) is 0.942. The molecule has 2 N–H and O–H groups in total. The van der Waals surface area contributed by atoms with Gasteiger partial charge in [0.25, 0.3) is 0 Å². The fourth-order valence-corrected chi connectivity index (χ4v) is 1.25. The van der Waals surface area contributed by atoms with Gasteiger partial charge in [-0.3, -0.25) is 0 Å². The zero-order chi connectivity index (χ0) is 11.4.